The van der Waals surface area contributed by atoms with Crippen LogP contribution in [0.2, 0.25) is 0 Å². The van der Waals surface area contributed by atoms with Gasteiger partial charge in [0.1, 0.15) is 5.78 Å². The topological polar surface area (TPSA) is 60.2 Å². The first-order valence-corrected chi connectivity index (χ1v) is 4.84. The first-order valence-electron chi connectivity index (χ1n) is 4.21. The van der Waals surface area contributed by atoms with Crippen LogP contribution in [-0.2, 0) is 9.59 Å². The number of hydrogen-bond donors (Lipinski definition) is 2. The van der Waals surface area contributed by atoms with Crippen LogP contribution in [0.4, 0.5) is 0 Å². The lowest BCUT2D eigenvalue weighted by molar-refractivity contribution is -0.132. The van der Waals surface area contributed by atoms with Crippen molar-refractivity contribution in [2.45, 2.75) is 33.2 Å². The highest BCUT2D eigenvalue weighted by Crippen LogP contribution is 2.23. The molecule has 0 spiro atoms. The van der Waals surface area contributed by atoms with Crippen LogP contribution in [0, 0.1) is 5.41 Å². The lowest BCUT2D eigenvalue weighted by Crippen LogP contribution is -2.42. The molecule has 1 atom stereocenters. The highest BCUT2D eigenvalue weighted by molar-refractivity contribution is 7.80. The number of hydrogen-bond acceptors (Lipinski definition) is 4. The van der Waals surface area contributed by atoms with Crippen molar-refractivity contribution in [3.8, 4) is 0 Å². The molecular formula is C9H17NO2S. The Kier molecular flexibility index (Phi) is 4.64. The van der Waals surface area contributed by atoms with Gasteiger partial charge in [-0.1, -0.05) is 13.8 Å². The number of nitrogens with two attached hydrogens (primary N) is 1. The van der Waals surface area contributed by atoms with Gasteiger partial charge in [-0.05, 0) is 6.92 Å². The molecule has 1 unspecified atom stereocenters. The van der Waals surface area contributed by atoms with Crippen molar-refractivity contribution in [2.24, 2.45) is 11.1 Å². The molecular weight excluding hydrogens is 186 g/mol. The molecule has 0 aliphatic rings. The van der Waals surface area contributed by atoms with E-state index in [9.17, 15) is 9.59 Å². The van der Waals surface area contributed by atoms with Crippen LogP contribution in [0.5, 0.6) is 0 Å². The normalized spacial score (nSPS) is 13.9. The molecule has 0 radical (unpaired) electrons. The second-order valence-electron chi connectivity index (χ2n) is 3.92. The van der Waals surface area contributed by atoms with Gasteiger partial charge in [0.2, 0.25) is 0 Å². The molecule has 13 heavy (non-hydrogen) atoms. The number of rotatable bonds is 5. The van der Waals surface area contributed by atoms with E-state index >= 15 is 0 Å². The fourth-order valence-corrected chi connectivity index (χ4v) is 1.46. The number of thiol groups is 1. The predicted octanol–water partition coefficient (Wildman–Crippen LogP) is 0.818. The minimum Gasteiger partial charge on any atom is -0.321 e. The molecule has 0 aliphatic carbocycles. The lowest BCUT2D eigenvalue weighted by atomic mass is 9.80. The summed E-state index contributed by atoms with van der Waals surface area (Å²) in [4.78, 5) is 22.5. The zero-order valence-corrected chi connectivity index (χ0v) is 9.23. The average Bonchev–Trinajstić information content (AvgIpc) is 1.99. The van der Waals surface area contributed by atoms with E-state index in [1.54, 1.807) is 13.8 Å². The molecule has 0 aromatic heterocycles. The summed E-state index contributed by atoms with van der Waals surface area (Å²) >= 11 is 3.95. The Morgan fingerprint density at radius 3 is 2.23 bits per heavy atom. The molecule has 3 nitrogen and oxygen atoms in total. The minimum absolute atomic E-state index is 0.00437. The largest absolute Gasteiger partial charge is 0.321 e. The van der Waals surface area contributed by atoms with E-state index in [-0.39, 0.29) is 18.0 Å². The molecule has 0 bridgehead atoms. The number of carbonyl (C=O) groups is 2. The summed E-state index contributed by atoms with van der Waals surface area (Å²) in [7, 11) is 0. The van der Waals surface area contributed by atoms with Crippen LogP contribution in [0.15, 0.2) is 0 Å². The van der Waals surface area contributed by atoms with Crippen LogP contribution in [0.3, 0.4) is 0 Å². The van der Waals surface area contributed by atoms with E-state index in [1.807, 2.05) is 0 Å². The Morgan fingerprint density at radius 1 is 1.46 bits per heavy atom. The van der Waals surface area contributed by atoms with Gasteiger partial charge in [-0.2, -0.15) is 12.6 Å². The third-order valence-electron chi connectivity index (χ3n) is 1.89. The maximum Gasteiger partial charge on any atom is 0.156 e. The summed E-state index contributed by atoms with van der Waals surface area (Å²) in [5.74, 6) is 0.225. The van der Waals surface area contributed by atoms with Crippen molar-refractivity contribution < 1.29 is 9.59 Å². The average molecular weight is 203 g/mol. The Hall–Kier alpha value is -0.350. The molecule has 0 saturated carbocycles. The molecule has 0 heterocycles. The van der Waals surface area contributed by atoms with Gasteiger partial charge in [-0.15, -0.1) is 0 Å². The Morgan fingerprint density at radius 2 is 1.92 bits per heavy atom. The molecule has 0 amide bonds. The minimum atomic E-state index is -0.659. The van der Waals surface area contributed by atoms with Crippen molar-refractivity contribution in [1.82, 2.24) is 0 Å². The maximum atomic E-state index is 11.6. The maximum absolute atomic E-state index is 11.6. The number of Topliss-reactive ketones (excluding diaryl/α,β-unsaturated/α-hetero) is 2. The first kappa shape index (κ1) is 12.7. The predicted molar refractivity (Wildman–Crippen MR) is 55.9 cm³/mol. The highest BCUT2D eigenvalue weighted by atomic mass is 32.1. The molecule has 0 aliphatic heterocycles. The summed E-state index contributed by atoms with van der Waals surface area (Å²) in [5.41, 5.74) is 4.88. The number of ketones is 2. The molecule has 2 N–H and O–H groups in total. The SMILES string of the molecule is CC(=O)CC(C)(C)C(=O)C(N)CS. The molecule has 76 valence electrons. The smallest absolute Gasteiger partial charge is 0.156 e. The molecule has 0 aromatic rings. The van der Waals surface area contributed by atoms with Gasteiger partial charge < -0.3 is 5.73 Å². The van der Waals surface area contributed by atoms with Gasteiger partial charge in [0.25, 0.3) is 0 Å². The van der Waals surface area contributed by atoms with Crippen LogP contribution < -0.4 is 5.73 Å². The second-order valence-corrected chi connectivity index (χ2v) is 4.28. The van der Waals surface area contributed by atoms with Gasteiger partial charge in [-0.3, -0.25) is 9.59 Å². The quantitative estimate of drug-likeness (QED) is 0.650. The van der Waals surface area contributed by atoms with Gasteiger partial charge in [-0.25, -0.2) is 0 Å². The van der Waals surface area contributed by atoms with Gasteiger partial charge in [0.05, 0.1) is 6.04 Å². The third-order valence-corrected chi connectivity index (χ3v) is 2.28. The van der Waals surface area contributed by atoms with Gasteiger partial charge in [0, 0.05) is 17.6 Å². The van der Waals surface area contributed by atoms with Gasteiger partial charge >= 0.3 is 0 Å². The summed E-state index contributed by atoms with van der Waals surface area (Å²) < 4.78 is 0. The summed E-state index contributed by atoms with van der Waals surface area (Å²) in [6.07, 6.45) is 0.243. The zero-order valence-electron chi connectivity index (χ0n) is 8.33. The summed E-state index contributed by atoms with van der Waals surface area (Å²) in [6.45, 7) is 4.95. The van der Waals surface area contributed by atoms with Crippen LogP contribution >= 0.6 is 12.6 Å². The Balaban J connectivity index is 4.44. The van der Waals surface area contributed by atoms with Crippen molar-refractivity contribution in [1.29, 1.82) is 0 Å². The molecule has 0 aromatic carbocycles. The fraction of sp³-hybridized carbons (Fsp3) is 0.778. The van der Waals surface area contributed by atoms with E-state index in [1.165, 1.54) is 6.92 Å². The number of carbonyl (C=O) groups excluding carboxylic acids is 2. The molecule has 4 heteroatoms. The highest BCUT2D eigenvalue weighted by Gasteiger charge is 2.32. The molecule has 0 saturated heterocycles. The van der Waals surface area contributed by atoms with Crippen molar-refractivity contribution in [3.63, 3.8) is 0 Å². The van der Waals surface area contributed by atoms with Crippen molar-refractivity contribution in [2.75, 3.05) is 5.75 Å². The first-order chi connectivity index (χ1) is 5.81. The fourth-order valence-electron chi connectivity index (χ4n) is 1.29. The van der Waals surface area contributed by atoms with E-state index in [0.717, 1.165) is 0 Å². The Labute approximate surface area is 84.5 Å². The van der Waals surface area contributed by atoms with Crippen molar-refractivity contribution >= 4 is 24.2 Å². The zero-order chi connectivity index (χ0) is 10.6. The second kappa shape index (κ2) is 4.77. The van der Waals surface area contributed by atoms with E-state index in [2.05, 4.69) is 12.6 Å². The van der Waals surface area contributed by atoms with Crippen LogP contribution in [0.1, 0.15) is 27.2 Å². The van der Waals surface area contributed by atoms with Crippen LogP contribution in [-0.4, -0.2) is 23.4 Å². The Bertz CT molecular complexity index is 214. The van der Waals surface area contributed by atoms with E-state index in [0.29, 0.717) is 5.75 Å². The summed E-state index contributed by atoms with van der Waals surface area (Å²) in [5, 5.41) is 0. The van der Waals surface area contributed by atoms with Gasteiger partial charge in [0.15, 0.2) is 5.78 Å². The summed E-state index contributed by atoms with van der Waals surface area (Å²) in [6, 6.07) is -0.572. The van der Waals surface area contributed by atoms with E-state index in [4.69, 9.17) is 5.73 Å². The molecule has 0 fully saturated rings. The van der Waals surface area contributed by atoms with Crippen LogP contribution in [0.25, 0.3) is 0 Å². The van der Waals surface area contributed by atoms with Crippen molar-refractivity contribution in [3.05, 3.63) is 0 Å². The molecule has 0 rings (SSSR count). The lowest BCUT2D eigenvalue weighted by Gasteiger charge is -2.24. The monoisotopic (exact) mass is 203 g/mol. The van der Waals surface area contributed by atoms with E-state index < -0.39 is 11.5 Å². The third kappa shape index (κ3) is 3.91. The standard InChI is InChI=1S/C9H17NO2S/c1-6(11)4-9(2,3)8(12)7(10)5-13/h7,13H,4-5,10H2,1-3H3.